The van der Waals surface area contributed by atoms with E-state index in [-0.39, 0.29) is 6.04 Å². The highest BCUT2D eigenvalue weighted by Crippen LogP contribution is 2.34. The Kier molecular flexibility index (Phi) is 2.98. The molecule has 0 bridgehead atoms. The maximum absolute atomic E-state index is 14.6. The van der Waals surface area contributed by atoms with Crippen molar-refractivity contribution in [3.63, 3.8) is 0 Å². The van der Waals surface area contributed by atoms with Crippen LogP contribution in [0.15, 0.2) is 24.3 Å². The van der Waals surface area contributed by atoms with Crippen LogP contribution < -0.4 is 5.32 Å². The van der Waals surface area contributed by atoms with Gasteiger partial charge in [-0.25, -0.2) is 4.39 Å². The van der Waals surface area contributed by atoms with Crippen molar-refractivity contribution in [1.29, 1.82) is 0 Å². The van der Waals surface area contributed by atoms with E-state index in [1.54, 1.807) is 31.2 Å². The minimum Gasteiger partial charge on any atom is -0.311 e. The fourth-order valence-electron chi connectivity index (χ4n) is 2.14. The predicted octanol–water partition coefficient (Wildman–Crippen LogP) is 3.28. The Morgan fingerprint density at radius 1 is 1.53 bits per heavy atom. The molecule has 1 saturated heterocycles. The fraction of sp³-hybridized carbons (Fsp3) is 0.500. The Balaban J connectivity index is 2.27. The van der Waals surface area contributed by atoms with Crippen molar-refractivity contribution in [3.8, 4) is 0 Å². The molecule has 15 heavy (non-hydrogen) atoms. The van der Waals surface area contributed by atoms with Gasteiger partial charge in [0.2, 0.25) is 0 Å². The monoisotopic (exact) mass is 227 g/mol. The molecule has 82 valence electrons. The molecular formula is C12H15ClFN. The van der Waals surface area contributed by atoms with Gasteiger partial charge in [-0.3, -0.25) is 0 Å². The summed E-state index contributed by atoms with van der Waals surface area (Å²) in [6, 6.07) is 6.98. The molecule has 3 heteroatoms. The van der Waals surface area contributed by atoms with Crippen molar-refractivity contribution < 1.29 is 4.39 Å². The molecule has 1 aliphatic heterocycles. The molecule has 1 fully saturated rings. The molecule has 1 N–H and O–H groups in total. The summed E-state index contributed by atoms with van der Waals surface area (Å²) in [6.07, 6.45) is 1.93. The van der Waals surface area contributed by atoms with Crippen molar-refractivity contribution in [2.75, 3.05) is 6.54 Å². The van der Waals surface area contributed by atoms with E-state index in [9.17, 15) is 4.39 Å². The molecule has 0 radical (unpaired) electrons. The van der Waals surface area contributed by atoms with E-state index in [1.165, 1.54) is 0 Å². The number of rotatable bonds is 2. The summed E-state index contributed by atoms with van der Waals surface area (Å²) < 4.78 is 14.6. The number of alkyl halides is 1. The van der Waals surface area contributed by atoms with Crippen LogP contribution in [0.3, 0.4) is 0 Å². The van der Waals surface area contributed by atoms with Crippen LogP contribution in [0.2, 0.25) is 5.02 Å². The molecule has 0 aromatic heterocycles. The minimum atomic E-state index is -1.33. The van der Waals surface area contributed by atoms with Crippen molar-refractivity contribution >= 4 is 11.6 Å². The van der Waals surface area contributed by atoms with Gasteiger partial charge in [0.25, 0.3) is 0 Å². The van der Waals surface area contributed by atoms with Crippen LogP contribution in [0.1, 0.15) is 25.3 Å². The highest BCUT2D eigenvalue weighted by atomic mass is 35.5. The second kappa shape index (κ2) is 4.11. The van der Waals surface area contributed by atoms with Gasteiger partial charge in [0.05, 0.1) is 0 Å². The molecule has 2 atom stereocenters. The molecule has 1 heterocycles. The lowest BCUT2D eigenvalue weighted by Crippen LogP contribution is -2.39. The lowest BCUT2D eigenvalue weighted by Gasteiger charge is -2.28. The predicted molar refractivity (Wildman–Crippen MR) is 60.9 cm³/mol. The molecule has 0 amide bonds. The summed E-state index contributed by atoms with van der Waals surface area (Å²) in [5.74, 6) is 0. The van der Waals surface area contributed by atoms with Gasteiger partial charge in [-0.2, -0.15) is 0 Å². The van der Waals surface area contributed by atoms with Gasteiger partial charge in [-0.05, 0) is 44.0 Å². The molecule has 1 aliphatic rings. The van der Waals surface area contributed by atoms with E-state index < -0.39 is 5.67 Å². The SMILES string of the molecule is CC(F)(c1cccc(Cl)c1)C1CCCN1. The van der Waals surface area contributed by atoms with Gasteiger partial charge in [0.1, 0.15) is 5.67 Å². The van der Waals surface area contributed by atoms with E-state index >= 15 is 0 Å². The number of hydrogen-bond donors (Lipinski definition) is 1. The van der Waals surface area contributed by atoms with Crippen LogP contribution in [-0.2, 0) is 5.67 Å². The maximum atomic E-state index is 14.6. The Morgan fingerprint density at radius 3 is 2.93 bits per heavy atom. The first-order chi connectivity index (χ1) is 7.10. The first-order valence-electron chi connectivity index (χ1n) is 5.29. The van der Waals surface area contributed by atoms with Gasteiger partial charge in [-0.1, -0.05) is 23.7 Å². The Morgan fingerprint density at radius 2 is 2.33 bits per heavy atom. The van der Waals surface area contributed by atoms with Crippen molar-refractivity contribution in [1.82, 2.24) is 5.32 Å². The summed E-state index contributed by atoms with van der Waals surface area (Å²) in [4.78, 5) is 0. The Bertz CT molecular complexity index is 345. The summed E-state index contributed by atoms with van der Waals surface area (Å²) in [7, 11) is 0. The summed E-state index contributed by atoms with van der Waals surface area (Å²) >= 11 is 5.87. The summed E-state index contributed by atoms with van der Waals surface area (Å²) in [5.41, 5.74) is -0.670. The Labute approximate surface area is 94.6 Å². The first-order valence-corrected chi connectivity index (χ1v) is 5.67. The fourth-order valence-corrected chi connectivity index (χ4v) is 2.33. The molecule has 1 nitrogen and oxygen atoms in total. The van der Waals surface area contributed by atoms with Crippen molar-refractivity contribution in [2.24, 2.45) is 0 Å². The average molecular weight is 228 g/mol. The third-order valence-corrected chi connectivity index (χ3v) is 3.34. The average Bonchev–Trinajstić information content (AvgIpc) is 2.71. The smallest absolute Gasteiger partial charge is 0.148 e. The van der Waals surface area contributed by atoms with Gasteiger partial charge in [-0.15, -0.1) is 0 Å². The normalized spacial score (nSPS) is 25.1. The second-order valence-corrected chi connectivity index (χ2v) is 4.67. The third kappa shape index (κ3) is 2.16. The zero-order valence-corrected chi connectivity index (χ0v) is 9.52. The molecule has 2 rings (SSSR count). The van der Waals surface area contributed by atoms with Crippen molar-refractivity contribution in [3.05, 3.63) is 34.9 Å². The highest BCUT2D eigenvalue weighted by Gasteiger charge is 2.37. The van der Waals surface area contributed by atoms with Crippen LogP contribution in [-0.4, -0.2) is 12.6 Å². The largest absolute Gasteiger partial charge is 0.311 e. The number of benzene rings is 1. The van der Waals surface area contributed by atoms with E-state index in [1.807, 2.05) is 0 Å². The zero-order valence-electron chi connectivity index (χ0n) is 8.76. The first kappa shape index (κ1) is 10.9. The van der Waals surface area contributed by atoms with Gasteiger partial charge in [0.15, 0.2) is 0 Å². The molecule has 1 aromatic carbocycles. The van der Waals surface area contributed by atoms with E-state index in [2.05, 4.69) is 5.32 Å². The number of nitrogens with one attached hydrogen (secondary N) is 1. The van der Waals surface area contributed by atoms with Crippen LogP contribution >= 0.6 is 11.6 Å². The van der Waals surface area contributed by atoms with Crippen LogP contribution in [0.5, 0.6) is 0 Å². The number of hydrogen-bond acceptors (Lipinski definition) is 1. The lowest BCUT2D eigenvalue weighted by atomic mass is 9.89. The molecule has 0 aliphatic carbocycles. The highest BCUT2D eigenvalue weighted by molar-refractivity contribution is 6.30. The van der Waals surface area contributed by atoms with Crippen LogP contribution in [0.4, 0.5) is 4.39 Å². The van der Waals surface area contributed by atoms with E-state index in [0.717, 1.165) is 19.4 Å². The second-order valence-electron chi connectivity index (χ2n) is 4.23. The molecular weight excluding hydrogens is 213 g/mol. The van der Waals surface area contributed by atoms with Crippen molar-refractivity contribution in [2.45, 2.75) is 31.5 Å². The van der Waals surface area contributed by atoms with Gasteiger partial charge >= 0.3 is 0 Å². The van der Waals surface area contributed by atoms with E-state index in [4.69, 9.17) is 11.6 Å². The van der Waals surface area contributed by atoms with Crippen LogP contribution in [0.25, 0.3) is 0 Å². The number of halogens is 2. The zero-order chi connectivity index (χ0) is 10.9. The topological polar surface area (TPSA) is 12.0 Å². The quantitative estimate of drug-likeness (QED) is 0.818. The van der Waals surface area contributed by atoms with Gasteiger partial charge in [0, 0.05) is 11.1 Å². The van der Waals surface area contributed by atoms with E-state index in [0.29, 0.717) is 10.6 Å². The maximum Gasteiger partial charge on any atom is 0.148 e. The summed E-state index contributed by atoms with van der Waals surface area (Å²) in [5, 5.41) is 3.79. The molecule has 2 unspecified atom stereocenters. The lowest BCUT2D eigenvalue weighted by molar-refractivity contribution is 0.137. The third-order valence-electron chi connectivity index (χ3n) is 3.10. The summed E-state index contributed by atoms with van der Waals surface area (Å²) in [6.45, 7) is 2.53. The molecule has 0 spiro atoms. The van der Waals surface area contributed by atoms with Gasteiger partial charge < -0.3 is 5.32 Å². The van der Waals surface area contributed by atoms with Crippen LogP contribution in [0, 0.1) is 0 Å². The molecule has 0 saturated carbocycles. The minimum absolute atomic E-state index is 0.0871. The standard InChI is InChI=1S/C12H15ClFN/c1-12(14,11-6-3-7-15-11)9-4-2-5-10(13)8-9/h2,4-5,8,11,15H,3,6-7H2,1H3. The Hall–Kier alpha value is -0.600. The molecule has 1 aromatic rings.